The molecule has 0 radical (unpaired) electrons. The number of amides is 1. The summed E-state index contributed by atoms with van der Waals surface area (Å²) < 4.78 is 27.8. The molecule has 2 aromatic rings. The first-order chi connectivity index (χ1) is 13.3. The van der Waals surface area contributed by atoms with Crippen molar-refractivity contribution < 1.29 is 18.1 Å². The van der Waals surface area contributed by atoms with Gasteiger partial charge in [0.05, 0.1) is 25.5 Å². The van der Waals surface area contributed by atoms with Gasteiger partial charge in [0, 0.05) is 19.0 Å². The van der Waals surface area contributed by atoms with E-state index in [9.17, 15) is 13.2 Å². The summed E-state index contributed by atoms with van der Waals surface area (Å²) in [5.41, 5.74) is 0. The van der Waals surface area contributed by atoms with Crippen LogP contribution in [-0.4, -0.2) is 58.4 Å². The quantitative estimate of drug-likeness (QED) is 0.720. The summed E-state index contributed by atoms with van der Waals surface area (Å²) in [4.78, 5) is 14.3. The maximum absolute atomic E-state index is 13.2. The SMILES string of the molecule is C[C@@H](CNC(=O)[C@@H]1CCCN1S(=O)(=O)c1ccc2ccccc2c1)C[NH+](C)C. The Labute approximate surface area is 167 Å². The highest BCUT2D eigenvalue weighted by molar-refractivity contribution is 7.89. The summed E-state index contributed by atoms with van der Waals surface area (Å²) in [7, 11) is 0.440. The van der Waals surface area contributed by atoms with Gasteiger partial charge in [-0.25, -0.2) is 8.42 Å². The van der Waals surface area contributed by atoms with Gasteiger partial charge in [0.2, 0.25) is 15.9 Å². The lowest BCUT2D eigenvalue weighted by Crippen LogP contribution is -3.06. The first kappa shape index (κ1) is 20.8. The molecule has 3 rings (SSSR count). The highest BCUT2D eigenvalue weighted by Crippen LogP contribution is 2.28. The molecule has 1 saturated heterocycles. The van der Waals surface area contributed by atoms with Crippen molar-refractivity contribution in [1.82, 2.24) is 9.62 Å². The molecule has 0 saturated carbocycles. The Morgan fingerprint density at radius 2 is 1.93 bits per heavy atom. The zero-order chi connectivity index (χ0) is 20.3. The summed E-state index contributed by atoms with van der Waals surface area (Å²) in [6.07, 6.45) is 1.26. The molecule has 0 unspecified atom stereocenters. The van der Waals surface area contributed by atoms with Gasteiger partial charge in [-0.2, -0.15) is 4.31 Å². The van der Waals surface area contributed by atoms with E-state index in [-0.39, 0.29) is 10.8 Å². The number of rotatable bonds is 7. The van der Waals surface area contributed by atoms with Gasteiger partial charge in [-0.05, 0) is 35.7 Å². The van der Waals surface area contributed by atoms with Crippen LogP contribution in [0.25, 0.3) is 10.8 Å². The van der Waals surface area contributed by atoms with Crippen molar-refractivity contribution in [3.63, 3.8) is 0 Å². The van der Waals surface area contributed by atoms with Crippen molar-refractivity contribution in [2.24, 2.45) is 5.92 Å². The Kier molecular flexibility index (Phi) is 6.37. The van der Waals surface area contributed by atoms with Crippen molar-refractivity contribution in [3.8, 4) is 0 Å². The van der Waals surface area contributed by atoms with E-state index in [1.807, 2.05) is 30.3 Å². The number of nitrogens with one attached hydrogen (secondary N) is 2. The van der Waals surface area contributed by atoms with Crippen molar-refractivity contribution in [2.75, 3.05) is 33.7 Å². The van der Waals surface area contributed by atoms with E-state index in [1.165, 1.54) is 9.21 Å². The van der Waals surface area contributed by atoms with Crippen molar-refractivity contribution >= 4 is 26.7 Å². The van der Waals surface area contributed by atoms with Crippen LogP contribution in [0.1, 0.15) is 19.8 Å². The third-order valence-electron chi connectivity index (χ3n) is 5.22. The molecule has 1 amide bonds. The molecular weight excluding hydrogens is 374 g/mol. The molecular formula is C21H30N3O3S+. The number of carbonyl (C=O) groups excluding carboxylic acids is 1. The van der Waals surface area contributed by atoms with Crippen LogP contribution in [0.2, 0.25) is 0 Å². The van der Waals surface area contributed by atoms with Gasteiger partial charge in [-0.15, -0.1) is 0 Å². The Hall–Kier alpha value is -1.96. The van der Waals surface area contributed by atoms with Gasteiger partial charge in [0.25, 0.3) is 0 Å². The van der Waals surface area contributed by atoms with Gasteiger partial charge in [0.1, 0.15) is 6.04 Å². The molecule has 0 aliphatic carbocycles. The summed E-state index contributed by atoms with van der Waals surface area (Å²) in [6, 6.07) is 12.2. The van der Waals surface area contributed by atoms with Crippen LogP contribution < -0.4 is 10.2 Å². The average molecular weight is 405 g/mol. The Morgan fingerprint density at radius 1 is 1.21 bits per heavy atom. The fraction of sp³-hybridized carbons (Fsp3) is 0.476. The molecule has 1 heterocycles. The Morgan fingerprint density at radius 3 is 2.64 bits per heavy atom. The second-order valence-corrected chi connectivity index (χ2v) is 9.93. The van der Waals surface area contributed by atoms with Crippen LogP contribution in [0.15, 0.2) is 47.4 Å². The van der Waals surface area contributed by atoms with E-state index >= 15 is 0 Å². The lowest BCUT2D eigenvalue weighted by molar-refractivity contribution is -0.861. The summed E-state index contributed by atoms with van der Waals surface area (Å²) in [5.74, 6) is 0.142. The third kappa shape index (κ3) is 4.54. The zero-order valence-electron chi connectivity index (χ0n) is 16.8. The van der Waals surface area contributed by atoms with Gasteiger partial charge in [-0.1, -0.05) is 37.3 Å². The van der Waals surface area contributed by atoms with Crippen molar-refractivity contribution in [1.29, 1.82) is 0 Å². The van der Waals surface area contributed by atoms with Crippen LogP contribution in [0.4, 0.5) is 0 Å². The standard InChI is InChI=1S/C21H29N3O3S/c1-16(15-23(2)3)14-22-21(25)20-9-6-12-24(20)28(26,27)19-11-10-17-7-4-5-8-18(17)13-19/h4-5,7-8,10-11,13,16,20H,6,9,12,14-15H2,1-3H3,(H,22,25)/p+1/t16-,20-/m0/s1. The maximum Gasteiger partial charge on any atom is 0.243 e. The molecule has 2 N–H and O–H groups in total. The van der Waals surface area contributed by atoms with E-state index in [4.69, 9.17) is 0 Å². The molecule has 2 aromatic carbocycles. The maximum atomic E-state index is 13.2. The molecule has 0 spiro atoms. The topological polar surface area (TPSA) is 70.9 Å². The summed E-state index contributed by atoms with van der Waals surface area (Å²) >= 11 is 0. The van der Waals surface area contributed by atoms with E-state index in [0.717, 1.165) is 17.3 Å². The average Bonchev–Trinajstić information content (AvgIpc) is 3.16. The first-order valence-electron chi connectivity index (χ1n) is 9.86. The predicted molar refractivity (Wildman–Crippen MR) is 111 cm³/mol. The number of nitrogens with zero attached hydrogens (tertiary/aromatic N) is 1. The Balaban J connectivity index is 1.75. The summed E-state index contributed by atoms with van der Waals surface area (Å²) in [5, 5.41) is 4.83. The number of sulfonamides is 1. The fourth-order valence-electron chi connectivity index (χ4n) is 3.91. The lowest BCUT2D eigenvalue weighted by atomic mass is 10.1. The number of hydrogen-bond acceptors (Lipinski definition) is 3. The second-order valence-electron chi connectivity index (χ2n) is 8.04. The van der Waals surface area contributed by atoms with Crippen molar-refractivity contribution in [3.05, 3.63) is 42.5 Å². The monoisotopic (exact) mass is 404 g/mol. The van der Waals surface area contributed by atoms with Crippen LogP contribution >= 0.6 is 0 Å². The molecule has 28 heavy (non-hydrogen) atoms. The largest absolute Gasteiger partial charge is 0.354 e. The molecule has 0 aromatic heterocycles. The van der Waals surface area contributed by atoms with Crippen LogP contribution in [-0.2, 0) is 14.8 Å². The zero-order valence-corrected chi connectivity index (χ0v) is 17.6. The van der Waals surface area contributed by atoms with Crippen LogP contribution in [0, 0.1) is 5.92 Å². The van der Waals surface area contributed by atoms with Gasteiger partial charge in [-0.3, -0.25) is 4.79 Å². The van der Waals surface area contributed by atoms with Gasteiger partial charge < -0.3 is 10.2 Å². The van der Waals surface area contributed by atoms with Crippen LogP contribution in [0.5, 0.6) is 0 Å². The molecule has 152 valence electrons. The van der Waals surface area contributed by atoms with Crippen molar-refractivity contribution in [2.45, 2.75) is 30.7 Å². The van der Waals surface area contributed by atoms with Gasteiger partial charge in [0.15, 0.2) is 0 Å². The second kappa shape index (κ2) is 8.59. The minimum Gasteiger partial charge on any atom is -0.354 e. The Bertz CT molecular complexity index is 943. The van der Waals surface area contributed by atoms with E-state index < -0.39 is 16.1 Å². The molecule has 2 atom stereocenters. The van der Waals surface area contributed by atoms with E-state index in [2.05, 4.69) is 26.3 Å². The number of quaternary nitrogens is 1. The molecule has 7 heteroatoms. The number of benzene rings is 2. The molecule has 1 fully saturated rings. The summed E-state index contributed by atoms with van der Waals surface area (Å²) in [6.45, 7) is 3.98. The minimum atomic E-state index is -3.71. The third-order valence-corrected chi connectivity index (χ3v) is 7.12. The van der Waals surface area contributed by atoms with Gasteiger partial charge >= 0.3 is 0 Å². The highest BCUT2D eigenvalue weighted by Gasteiger charge is 2.39. The number of fused-ring (bicyclic) bond motifs is 1. The van der Waals surface area contributed by atoms with E-state index in [1.54, 1.807) is 12.1 Å². The smallest absolute Gasteiger partial charge is 0.243 e. The molecule has 6 nitrogen and oxygen atoms in total. The number of carbonyl (C=O) groups is 1. The first-order valence-corrected chi connectivity index (χ1v) is 11.3. The lowest BCUT2D eigenvalue weighted by Gasteiger charge is -2.24. The van der Waals surface area contributed by atoms with E-state index in [0.29, 0.717) is 31.8 Å². The molecule has 1 aliphatic heterocycles. The molecule has 0 bridgehead atoms. The highest BCUT2D eigenvalue weighted by atomic mass is 32.2. The predicted octanol–water partition coefficient (Wildman–Crippen LogP) is 0.890. The molecule has 1 aliphatic rings. The minimum absolute atomic E-state index is 0.192. The van der Waals surface area contributed by atoms with Crippen LogP contribution in [0.3, 0.4) is 0 Å². The fourth-order valence-corrected chi connectivity index (χ4v) is 5.61. The normalized spacial score (nSPS) is 19.2. The number of hydrogen-bond donors (Lipinski definition) is 2.